The fourth-order valence-corrected chi connectivity index (χ4v) is 3.76. The number of benzene rings is 1. The summed E-state index contributed by atoms with van der Waals surface area (Å²) in [5, 5.41) is 7.12. The topological polar surface area (TPSA) is 70.1 Å². The summed E-state index contributed by atoms with van der Waals surface area (Å²) in [6, 6.07) is 10.0. The molecule has 1 N–H and O–H groups in total. The van der Waals surface area contributed by atoms with E-state index in [2.05, 4.69) is 11.9 Å². The standard InChI is InChI=1S/C17H24N2O2.C2HF3O2/c1-18-10-8-17(9-11-18)13-19(14-6-4-3-5-7-14)16(20)15(17)12-21-2;3-2(4,5)1(6)7/h3-7,15H,8-13H2,1-2H3;(H,6,7). The van der Waals surface area contributed by atoms with Crippen LogP contribution in [0.25, 0.3) is 0 Å². The molecule has 0 aliphatic carbocycles. The third-order valence-electron chi connectivity index (χ3n) is 5.40. The number of para-hydroxylation sites is 1. The van der Waals surface area contributed by atoms with E-state index < -0.39 is 12.1 Å². The molecule has 0 saturated carbocycles. The van der Waals surface area contributed by atoms with Crippen LogP contribution in [0.5, 0.6) is 0 Å². The molecule has 9 heteroatoms. The molecule has 3 rings (SSSR count). The van der Waals surface area contributed by atoms with Gasteiger partial charge in [0.15, 0.2) is 0 Å². The molecule has 1 spiro atoms. The molecule has 2 aliphatic rings. The number of aliphatic carboxylic acids is 1. The molecule has 2 saturated heterocycles. The first-order chi connectivity index (χ1) is 13.1. The van der Waals surface area contributed by atoms with Gasteiger partial charge in [-0.25, -0.2) is 4.79 Å². The van der Waals surface area contributed by atoms with Crippen molar-refractivity contribution in [1.82, 2.24) is 4.90 Å². The molecule has 28 heavy (non-hydrogen) atoms. The van der Waals surface area contributed by atoms with Gasteiger partial charge >= 0.3 is 12.1 Å². The number of ether oxygens (including phenoxy) is 1. The van der Waals surface area contributed by atoms with Gasteiger partial charge in [-0.3, -0.25) is 4.79 Å². The number of amides is 1. The number of halogens is 3. The number of anilines is 1. The number of rotatable bonds is 3. The molecule has 2 heterocycles. The fraction of sp³-hybridized carbons (Fsp3) is 0.579. The highest BCUT2D eigenvalue weighted by Gasteiger charge is 2.53. The van der Waals surface area contributed by atoms with Crippen LogP contribution in [-0.2, 0) is 14.3 Å². The van der Waals surface area contributed by atoms with Gasteiger partial charge < -0.3 is 19.6 Å². The van der Waals surface area contributed by atoms with E-state index in [4.69, 9.17) is 14.6 Å². The Morgan fingerprint density at radius 2 is 1.79 bits per heavy atom. The number of carbonyl (C=O) groups is 2. The van der Waals surface area contributed by atoms with Crippen molar-refractivity contribution in [2.45, 2.75) is 19.0 Å². The maximum atomic E-state index is 12.9. The average molecular weight is 402 g/mol. The first-order valence-electron chi connectivity index (χ1n) is 8.95. The summed E-state index contributed by atoms with van der Waals surface area (Å²) < 4.78 is 37.1. The van der Waals surface area contributed by atoms with Gasteiger partial charge in [0.2, 0.25) is 5.91 Å². The predicted octanol–water partition coefficient (Wildman–Crippen LogP) is 2.64. The monoisotopic (exact) mass is 402 g/mol. The third kappa shape index (κ3) is 5.02. The SMILES string of the molecule is COCC1C(=O)N(c2ccccc2)CC12CCN(C)CC2.O=C(O)C(F)(F)F. The molecule has 0 aromatic heterocycles. The normalized spacial score (nSPS) is 22.1. The molecule has 1 amide bonds. The first-order valence-corrected chi connectivity index (χ1v) is 8.95. The zero-order valence-corrected chi connectivity index (χ0v) is 15.9. The van der Waals surface area contributed by atoms with Gasteiger partial charge in [-0.05, 0) is 45.1 Å². The van der Waals surface area contributed by atoms with E-state index in [1.54, 1.807) is 7.11 Å². The van der Waals surface area contributed by atoms with Crippen LogP contribution in [0.2, 0.25) is 0 Å². The summed E-state index contributed by atoms with van der Waals surface area (Å²) in [7, 11) is 3.85. The van der Waals surface area contributed by atoms with Gasteiger partial charge in [0, 0.05) is 24.8 Å². The second-order valence-electron chi connectivity index (χ2n) is 7.24. The second kappa shape index (κ2) is 8.91. The lowest BCUT2D eigenvalue weighted by atomic mass is 9.71. The number of methoxy groups -OCH3 is 1. The van der Waals surface area contributed by atoms with Gasteiger partial charge in [0.25, 0.3) is 0 Å². The van der Waals surface area contributed by atoms with Crippen LogP contribution >= 0.6 is 0 Å². The number of hydrogen-bond donors (Lipinski definition) is 1. The van der Waals surface area contributed by atoms with Gasteiger partial charge in [-0.15, -0.1) is 0 Å². The Hall–Kier alpha value is -2.13. The van der Waals surface area contributed by atoms with Crippen LogP contribution in [-0.4, -0.2) is 68.5 Å². The summed E-state index contributed by atoms with van der Waals surface area (Å²) in [4.78, 5) is 26.1. The molecular formula is C19H25F3N2O4. The highest BCUT2D eigenvalue weighted by molar-refractivity contribution is 5.98. The largest absolute Gasteiger partial charge is 0.490 e. The quantitative estimate of drug-likeness (QED) is 0.842. The number of carboxylic acids is 1. The van der Waals surface area contributed by atoms with Crippen molar-refractivity contribution >= 4 is 17.6 Å². The molecule has 1 atom stereocenters. The number of alkyl halides is 3. The lowest BCUT2D eigenvalue weighted by Gasteiger charge is -2.40. The van der Waals surface area contributed by atoms with Crippen molar-refractivity contribution in [3.63, 3.8) is 0 Å². The Labute approximate surface area is 161 Å². The van der Waals surface area contributed by atoms with Gasteiger partial charge in [0.05, 0.1) is 12.5 Å². The molecule has 6 nitrogen and oxygen atoms in total. The number of nitrogens with zero attached hydrogens (tertiary/aromatic N) is 2. The number of carboxylic acid groups (broad SMARTS) is 1. The van der Waals surface area contributed by atoms with Gasteiger partial charge in [-0.2, -0.15) is 13.2 Å². The minimum absolute atomic E-state index is 0.00333. The molecule has 2 aliphatic heterocycles. The van der Waals surface area contributed by atoms with Crippen molar-refractivity contribution < 1.29 is 32.6 Å². The summed E-state index contributed by atoms with van der Waals surface area (Å²) in [6.45, 7) is 3.50. The molecule has 2 fully saturated rings. The minimum atomic E-state index is -5.08. The highest BCUT2D eigenvalue weighted by atomic mass is 19.4. The number of carbonyl (C=O) groups excluding carboxylic acids is 1. The van der Waals surface area contributed by atoms with E-state index in [0.29, 0.717) is 6.61 Å². The van der Waals surface area contributed by atoms with Crippen LogP contribution in [0.1, 0.15) is 12.8 Å². The lowest BCUT2D eigenvalue weighted by molar-refractivity contribution is -0.192. The van der Waals surface area contributed by atoms with E-state index in [1.165, 1.54) is 0 Å². The van der Waals surface area contributed by atoms with Gasteiger partial charge in [-0.1, -0.05) is 18.2 Å². The summed E-state index contributed by atoms with van der Waals surface area (Å²) >= 11 is 0. The zero-order chi connectivity index (χ0) is 20.9. The van der Waals surface area contributed by atoms with Gasteiger partial charge in [0.1, 0.15) is 0 Å². The maximum Gasteiger partial charge on any atom is 0.490 e. The molecule has 1 aromatic carbocycles. The molecule has 0 bridgehead atoms. The maximum absolute atomic E-state index is 12.9. The average Bonchev–Trinajstić information content (AvgIpc) is 2.91. The molecule has 1 aromatic rings. The number of hydrogen-bond acceptors (Lipinski definition) is 4. The van der Waals surface area contributed by atoms with Crippen molar-refractivity contribution in [2.24, 2.45) is 11.3 Å². The third-order valence-corrected chi connectivity index (χ3v) is 5.40. The Kier molecular flexibility index (Phi) is 7.06. The second-order valence-corrected chi connectivity index (χ2v) is 7.24. The number of likely N-dealkylation sites (tertiary alicyclic amines) is 1. The van der Waals surface area contributed by atoms with E-state index in [9.17, 15) is 18.0 Å². The molecule has 0 radical (unpaired) electrons. The lowest BCUT2D eigenvalue weighted by Crippen LogP contribution is -2.44. The van der Waals surface area contributed by atoms with Crippen LogP contribution in [0.15, 0.2) is 30.3 Å². The van der Waals surface area contributed by atoms with Crippen LogP contribution in [0, 0.1) is 11.3 Å². The smallest absolute Gasteiger partial charge is 0.475 e. The van der Waals surface area contributed by atoms with Crippen molar-refractivity contribution in [1.29, 1.82) is 0 Å². The van der Waals surface area contributed by atoms with Crippen molar-refractivity contribution in [3.8, 4) is 0 Å². The molecule has 156 valence electrons. The van der Waals surface area contributed by atoms with E-state index in [1.807, 2.05) is 35.2 Å². The summed E-state index contributed by atoms with van der Waals surface area (Å²) in [6.07, 6.45) is -2.93. The molecule has 1 unspecified atom stereocenters. The Morgan fingerprint density at radius 3 is 2.25 bits per heavy atom. The van der Waals surface area contributed by atoms with Crippen molar-refractivity contribution in [2.75, 3.05) is 45.3 Å². The minimum Gasteiger partial charge on any atom is -0.475 e. The first kappa shape index (κ1) is 22.2. The van der Waals surface area contributed by atoms with Crippen LogP contribution in [0.4, 0.5) is 18.9 Å². The number of piperidine rings is 1. The summed E-state index contributed by atoms with van der Waals surface area (Å²) in [5.41, 5.74) is 1.09. The highest BCUT2D eigenvalue weighted by Crippen LogP contribution is 2.46. The zero-order valence-electron chi connectivity index (χ0n) is 15.9. The van der Waals surface area contributed by atoms with E-state index in [0.717, 1.165) is 38.2 Å². The summed E-state index contributed by atoms with van der Waals surface area (Å²) in [5.74, 6) is -2.53. The fourth-order valence-electron chi connectivity index (χ4n) is 3.76. The van der Waals surface area contributed by atoms with E-state index in [-0.39, 0.29) is 17.2 Å². The molecular weight excluding hydrogens is 377 g/mol. The van der Waals surface area contributed by atoms with Crippen LogP contribution < -0.4 is 4.90 Å². The Balaban J connectivity index is 0.000000345. The Bertz CT molecular complexity index is 674. The van der Waals surface area contributed by atoms with Crippen molar-refractivity contribution in [3.05, 3.63) is 30.3 Å². The van der Waals surface area contributed by atoms with Crippen LogP contribution in [0.3, 0.4) is 0 Å². The van der Waals surface area contributed by atoms with E-state index >= 15 is 0 Å². The Morgan fingerprint density at radius 1 is 1.25 bits per heavy atom. The predicted molar refractivity (Wildman–Crippen MR) is 97.0 cm³/mol.